The normalized spacial score (nSPS) is 14.2. The van der Waals surface area contributed by atoms with Gasteiger partial charge in [0.25, 0.3) is 5.56 Å². The average molecular weight is 547 g/mol. The van der Waals surface area contributed by atoms with E-state index in [4.69, 9.17) is 15.7 Å². The molecule has 1 amide bonds. The molecule has 41 heavy (non-hydrogen) atoms. The fourth-order valence-electron chi connectivity index (χ4n) is 5.27. The highest BCUT2D eigenvalue weighted by atomic mass is 16.1. The predicted molar refractivity (Wildman–Crippen MR) is 159 cm³/mol. The molecule has 10 nitrogen and oxygen atoms in total. The Balaban J connectivity index is 1.33. The summed E-state index contributed by atoms with van der Waals surface area (Å²) < 4.78 is 1.96. The topological polar surface area (TPSA) is 135 Å². The number of hydrogen-bond acceptors (Lipinski definition) is 7. The summed E-state index contributed by atoms with van der Waals surface area (Å²) in [6.45, 7) is 6.16. The summed E-state index contributed by atoms with van der Waals surface area (Å²) in [6.07, 6.45) is 6.39. The van der Waals surface area contributed by atoms with Crippen molar-refractivity contribution in [3.05, 3.63) is 102 Å². The summed E-state index contributed by atoms with van der Waals surface area (Å²) in [5, 5.41) is 3.00. The number of anilines is 1. The zero-order valence-electron chi connectivity index (χ0n) is 22.5. The lowest BCUT2D eigenvalue weighted by atomic mass is 10.0. The van der Waals surface area contributed by atoms with Crippen LogP contribution < -0.4 is 16.6 Å². The largest absolute Gasteiger partial charge is 0.383 e. The van der Waals surface area contributed by atoms with E-state index in [2.05, 4.69) is 38.9 Å². The lowest BCUT2D eigenvalue weighted by Gasteiger charge is -2.32. The number of nitrogen functional groups attached to an aromatic ring is 1. The predicted octanol–water partition coefficient (Wildman–Crippen LogP) is 3.69. The monoisotopic (exact) mass is 546 g/mol. The van der Waals surface area contributed by atoms with Gasteiger partial charge in [-0.2, -0.15) is 0 Å². The van der Waals surface area contributed by atoms with E-state index in [0.717, 1.165) is 38.2 Å². The van der Waals surface area contributed by atoms with Crippen LogP contribution in [0.25, 0.3) is 39.5 Å². The number of fused-ring (bicyclic) bond motifs is 1. The van der Waals surface area contributed by atoms with Crippen LogP contribution in [0.3, 0.4) is 0 Å². The molecule has 4 aromatic heterocycles. The van der Waals surface area contributed by atoms with Crippen molar-refractivity contribution in [2.24, 2.45) is 0 Å². The molecule has 0 aliphatic carbocycles. The molecular formula is C31H30N8O2. The number of aromatic nitrogens is 5. The molecule has 1 aliphatic heterocycles. The number of carbonyl (C=O) groups excluding carboxylic acids is 1. The van der Waals surface area contributed by atoms with Crippen LogP contribution in [0.1, 0.15) is 18.4 Å². The van der Waals surface area contributed by atoms with Crippen molar-refractivity contribution in [2.75, 3.05) is 18.8 Å². The van der Waals surface area contributed by atoms with Gasteiger partial charge in [0.15, 0.2) is 11.5 Å². The van der Waals surface area contributed by atoms with Crippen LogP contribution in [0.2, 0.25) is 0 Å². The number of H-pyrrole nitrogens is 1. The second kappa shape index (κ2) is 11.2. The van der Waals surface area contributed by atoms with Crippen LogP contribution in [0.15, 0.2) is 90.5 Å². The van der Waals surface area contributed by atoms with Gasteiger partial charge in [-0.05, 0) is 73.0 Å². The lowest BCUT2D eigenvalue weighted by molar-refractivity contribution is -0.117. The fraction of sp³-hybridized carbons (Fsp3) is 0.194. The highest BCUT2D eigenvalue weighted by Crippen LogP contribution is 2.31. The number of pyridine rings is 3. The molecule has 0 saturated carbocycles. The van der Waals surface area contributed by atoms with E-state index < -0.39 is 0 Å². The average Bonchev–Trinajstić information content (AvgIpc) is 3.37. The molecule has 1 fully saturated rings. The molecule has 0 radical (unpaired) electrons. The van der Waals surface area contributed by atoms with Gasteiger partial charge in [-0.15, -0.1) is 0 Å². The number of nitrogens with zero attached hydrogens (tertiary/aromatic N) is 5. The Bertz CT molecular complexity index is 1780. The first-order valence-corrected chi connectivity index (χ1v) is 13.5. The van der Waals surface area contributed by atoms with Gasteiger partial charge in [0.1, 0.15) is 11.3 Å². The van der Waals surface area contributed by atoms with Crippen LogP contribution in [0.4, 0.5) is 5.82 Å². The van der Waals surface area contributed by atoms with Crippen LogP contribution in [-0.2, 0) is 11.3 Å². The highest BCUT2D eigenvalue weighted by molar-refractivity contribution is 5.87. The van der Waals surface area contributed by atoms with Crippen LogP contribution in [-0.4, -0.2) is 54.4 Å². The van der Waals surface area contributed by atoms with Gasteiger partial charge in [0.2, 0.25) is 5.91 Å². The van der Waals surface area contributed by atoms with E-state index in [1.807, 2.05) is 34.9 Å². The maximum atomic E-state index is 12.5. The SMILES string of the molecule is C=CC(=O)NC1CCN(Cc2ccc(-n3c(-c4cccnc4N)nc4ccc(-c5ccc[nH]c5=O)nc43)cc2)CC1. The Morgan fingerprint density at radius 1 is 1.05 bits per heavy atom. The Labute approximate surface area is 236 Å². The number of benzene rings is 1. The molecular weight excluding hydrogens is 516 g/mol. The number of piperidine rings is 1. The molecule has 0 unspecified atom stereocenters. The molecule has 0 atom stereocenters. The van der Waals surface area contributed by atoms with Gasteiger partial charge >= 0.3 is 0 Å². The number of carbonyl (C=O) groups is 1. The van der Waals surface area contributed by atoms with Crippen LogP contribution >= 0.6 is 0 Å². The molecule has 5 heterocycles. The van der Waals surface area contributed by atoms with Crippen LogP contribution in [0, 0.1) is 0 Å². The number of nitrogens with two attached hydrogens (primary N) is 1. The molecule has 1 aromatic carbocycles. The summed E-state index contributed by atoms with van der Waals surface area (Å²) in [6, 6.07) is 19.4. The number of aromatic amines is 1. The maximum absolute atomic E-state index is 12.5. The standard InChI is InChI=1S/C31H30N8O2/c1-2-27(40)35-21-13-17-38(18-14-21)19-20-7-9-22(10-8-20)39-29(24-6-4-15-33-28(24)32)37-26-12-11-25(36-30(26)39)23-5-3-16-34-31(23)41/h2-12,15-16,21H,1,13-14,17-19H2,(H2,32,33)(H,34,41)(H,35,40). The maximum Gasteiger partial charge on any atom is 0.257 e. The molecule has 10 heteroatoms. The molecule has 6 rings (SSSR count). The second-order valence-electron chi connectivity index (χ2n) is 10.1. The van der Waals surface area contributed by atoms with Crippen LogP contribution in [0.5, 0.6) is 0 Å². The first kappa shape index (κ1) is 26.1. The third kappa shape index (κ3) is 5.37. The Morgan fingerprint density at radius 2 is 1.83 bits per heavy atom. The van der Waals surface area contributed by atoms with Gasteiger partial charge in [-0.1, -0.05) is 18.7 Å². The van der Waals surface area contributed by atoms with Crippen molar-refractivity contribution in [3.8, 4) is 28.3 Å². The summed E-state index contributed by atoms with van der Waals surface area (Å²) >= 11 is 0. The number of likely N-dealkylation sites (tertiary alicyclic amines) is 1. The number of amides is 1. The molecule has 1 saturated heterocycles. The fourth-order valence-corrected chi connectivity index (χ4v) is 5.27. The van der Waals surface area contributed by atoms with Crippen molar-refractivity contribution >= 4 is 22.9 Å². The van der Waals surface area contributed by atoms with Crippen molar-refractivity contribution in [3.63, 3.8) is 0 Å². The summed E-state index contributed by atoms with van der Waals surface area (Å²) in [4.78, 5) is 43.3. The summed E-state index contributed by atoms with van der Waals surface area (Å²) in [5.74, 6) is 0.873. The van der Waals surface area contributed by atoms with Crippen molar-refractivity contribution < 1.29 is 4.79 Å². The van der Waals surface area contributed by atoms with Crippen molar-refractivity contribution in [1.82, 2.24) is 34.7 Å². The van der Waals surface area contributed by atoms with E-state index >= 15 is 0 Å². The molecule has 206 valence electrons. The summed E-state index contributed by atoms with van der Waals surface area (Å²) in [7, 11) is 0. The van der Waals surface area contributed by atoms with Gasteiger partial charge < -0.3 is 16.0 Å². The first-order valence-electron chi connectivity index (χ1n) is 13.5. The van der Waals surface area contributed by atoms with Gasteiger partial charge in [-0.25, -0.2) is 15.0 Å². The van der Waals surface area contributed by atoms with Gasteiger partial charge in [0.05, 0.1) is 16.8 Å². The minimum Gasteiger partial charge on any atom is -0.383 e. The zero-order valence-corrected chi connectivity index (χ0v) is 22.5. The highest BCUT2D eigenvalue weighted by Gasteiger charge is 2.21. The van der Waals surface area contributed by atoms with Gasteiger partial charge in [0, 0.05) is 43.8 Å². The minimum absolute atomic E-state index is 0.115. The number of rotatable bonds is 7. The van der Waals surface area contributed by atoms with E-state index in [0.29, 0.717) is 39.6 Å². The molecule has 4 N–H and O–H groups in total. The third-order valence-electron chi connectivity index (χ3n) is 7.40. The Morgan fingerprint density at radius 3 is 2.56 bits per heavy atom. The van der Waals surface area contributed by atoms with Crippen molar-refractivity contribution in [1.29, 1.82) is 0 Å². The number of imidazole rings is 1. The molecule has 5 aromatic rings. The first-order chi connectivity index (χ1) is 20.0. The third-order valence-corrected chi connectivity index (χ3v) is 7.40. The smallest absolute Gasteiger partial charge is 0.257 e. The Kier molecular flexibility index (Phi) is 7.13. The van der Waals surface area contributed by atoms with Crippen molar-refractivity contribution in [2.45, 2.75) is 25.4 Å². The molecule has 1 aliphatic rings. The quantitative estimate of drug-likeness (QED) is 0.265. The summed E-state index contributed by atoms with van der Waals surface area (Å²) in [5.41, 5.74) is 11.1. The minimum atomic E-state index is -0.210. The van der Waals surface area contributed by atoms with E-state index in [1.165, 1.54) is 11.6 Å². The lowest BCUT2D eigenvalue weighted by Crippen LogP contribution is -2.43. The van der Waals surface area contributed by atoms with E-state index in [9.17, 15) is 9.59 Å². The number of hydrogen-bond donors (Lipinski definition) is 3. The number of nitrogens with one attached hydrogen (secondary N) is 2. The zero-order chi connectivity index (χ0) is 28.3. The van der Waals surface area contributed by atoms with E-state index in [-0.39, 0.29) is 17.5 Å². The molecule has 0 bridgehead atoms. The Hall–Kier alpha value is -5.09. The second-order valence-corrected chi connectivity index (χ2v) is 10.1. The van der Waals surface area contributed by atoms with E-state index in [1.54, 1.807) is 30.6 Å². The van der Waals surface area contributed by atoms with Gasteiger partial charge in [-0.3, -0.25) is 19.1 Å². The molecule has 0 spiro atoms.